The Morgan fingerprint density at radius 3 is 0.931 bits per heavy atom. The average molecular weight is 378 g/mol. The number of quaternary nitrogens is 2. The maximum absolute atomic E-state index is 13.4. The zero-order chi connectivity index (χ0) is 19.6. The lowest BCUT2D eigenvalue weighted by molar-refractivity contribution is -0.703. The van der Waals surface area contributed by atoms with Crippen LogP contribution in [0.1, 0.15) is 22.3 Å². The lowest BCUT2D eigenvalue weighted by Crippen LogP contribution is -3.00. The second kappa shape index (κ2) is 5.86. The summed E-state index contributed by atoms with van der Waals surface area (Å²) < 4.78 is 0. The molecule has 4 nitrogen and oxygen atoms in total. The fourth-order valence-corrected chi connectivity index (χ4v) is 5.19. The highest BCUT2D eigenvalue weighted by molar-refractivity contribution is 5.78. The van der Waals surface area contributed by atoms with Crippen LogP contribution in [0.2, 0.25) is 0 Å². The number of hydrogen-bond donors (Lipinski definition) is 2. The molecule has 0 radical (unpaired) electrons. The van der Waals surface area contributed by atoms with Crippen LogP contribution in [0.4, 0.5) is 22.7 Å². The van der Waals surface area contributed by atoms with E-state index in [0.717, 1.165) is 22.3 Å². The van der Waals surface area contributed by atoms with Crippen molar-refractivity contribution >= 4 is 22.7 Å². The van der Waals surface area contributed by atoms with Gasteiger partial charge in [-0.1, -0.05) is 72.8 Å². The van der Waals surface area contributed by atoms with E-state index in [-0.39, 0.29) is 10.1 Å². The Kier molecular flexibility index (Phi) is 3.37. The monoisotopic (exact) mass is 378 g/mol. The van der Waals surface area contributed by atoms with Crippen LogP contribution < -0.4 is 10.1 Å². The summed E-state index contributed by atoms with van der Waals surface area (Å²) in [5.41, 5.74) is 5.87. The summed E-state index contributed by atoms with van der Waals surface area (Å²) in [6.45, 7) is 0. The largest absolute Gasteiger partial charge is 0.623 e. The fraction of sp³-hybridized carbons (Fsp3) is 0.0400. The summed E-state index contributed by atoms with van der Waals surface area (Å²) in [4.78, 5) is 0. The molecule has 2 heterocycles. The predicted octanol–water partition coefficient (Wildman–Crippen LogP) is 3.39. The van der Waals surface area contributed by atoms with Crippen molar-refractivity contribution in [1.82, 2.24) is 0 Å². The molecule has 2 aliphatic rings. The van der Waals surface area contributed by atoms with Crippen molar-refractivity contribution in [2.45, 2.75) is 5.41 Å². The van der Waals surface area contributed by atoms with Crippen molar-refractivity contribution in [2.75, 3.05) is 0 Å². The lowest BCUT2D eigenvalue weighted by Gasteiger charge is -2.48. The first-order chi connectivity index (χ1) is 14.2. The van der Waals surface area contributed by atoms with E-state index in [0.29, 0.717) is 22.7 Å². The van der Waals surface area contributed by atoms with E-state index in [1.54, 1.807) is 0 Å². The Bertz CT molecular complexity index is 1070. The molecule has 1 spiro atoms. The van der Waals surface area contributed by atoms with E-state index in [4.69, 9.17) is 0 Å². The summed E-state index contributed by atoms with van der Waals surface area (Å²) >= 11 is 0. The van der Waals surface area contributed by atoms with Gasteiger partial charge in [0.25, 0.3) is 0 Å². The van der Waals surface area contributed by atoms with Gasteiger partial charge in [-0.05, 0) is 0 Å². The molecule has 29 heavy (non-hydrogen) atoms. The minimum atomic E-state index is -0.692. The molecule has 140 valence electrons. The Labute approximate surface area is 168 Å². The summed E-state index contributed by atoms with van der Waals surface area (Å²) in [5, 5.41) is 26.8. The number of rotatable bonds is 0. The van der Waals surface area contributed by atoms with Crippen molar-refractivity contribution in [2.24, 2.45) is 0 Å². The number of nitrogens with one attached hydrogen (secondary N) is 2. The SMILES string of the molecule is [O-][NH+]1c2ccccc2C2(c3ccccc31)c1ccccc1[NH+]([O-])c1ccccc12. The third-order valence-corrected chi connectivity index (χ3v) is 6.30. The minimum Gasteiger partial charge on any atom is -0.623 e. The molecule has 4 heteroatoms. The first-order valence-electron chi connectivity index (χ1n) is 9.72. The van der Waals surface area contributed by atoms with Crippen LogP contribution >= 0.6 is 0 Å². The van der Waals surface area contributed by atoms with E-state index in [1.165, 1.54) is 0 Å². The normalized spacial score (nSPS) is 23.7. The van der Waals surface area contributed by atoms with Crippen LogP contribution in [0.25, 0.3) is 0 Å². The van der Waals surface area contributed by atoms with Gasteiger partial charge in [0.15, 0.2) is 0 Å². The maximum atomic E-state index is 13.4. The van der Waals surface area contributed by atoms with Gasteiger partial charge in [-0.3, -0.25) is 0 Å². The Morgan fingerprint density at radius 2 is 0.655 bits per heavy atom. The van der Waals surface area contributed by atoms with E-state index >= 15 is 0 Å². The van der Waals surface area contributed by atoms with Crippen LogP contribution in [-0.4, -0.2) is 0 Å². The van der Waals surface area contributed by atoms with Crippen molar-refractivity contribution in [1.29, 1.82) is 0 Å². The first-order valence-corrected chi connectivity index (χ1v) is 9.72. The molecule has 0 saturated heterocycles. The highest BCUT2D eigenvalue weighted by Crippen LogP contribution is 2.55. The molecule has 0 bridgehead atoms. The Morgan fingerprint density at radius 1 is 0.414 bits per heavy atom. The molecule has 0 saturated carbocycles. The topological polar surface area (TPSA) is 55.0 Å². The average Bonchev–Trinajstić information content (AvgIpc) is 2.79. The van der Waals surface area contributed by atoms with Gasteiger partial charge in [0.2, 0.25) is 0 Å². The van der Waals surface area contributed by atoms with Crippen LogP contribution in [0.3, 0.4) is 0 Å². The molecule has 0 amide bonds. The molecule has 6 rings (SSSR count). The third-order valence-electron chi connectivity index (χ3n) is 6.30. The van der Waals surface area contributed by atoms with Gasteiger partial charge in [-0.2, -0.15) is 0 Å². The van der Waals surface area contributed by atoms with Gasteiger partial charge in [-0.25, -0.2) is 0 Å². The zero-order valence-corrected chi connectivity index (χ0v) is 15.6. The number of fused-ring (bicyclic) bond motifs is 8. The Balaban J connectivity index is 1.87. The quantitative estimate of drug-likeness (QED) is 0.461. The summed E-state index contributed by atoms with van der Waals surface area (Å²) in [7, 11) is 0. The molecule has 4 aromatic carbocycles. The number of benzene rings is 4. The second-order valence-electron chi connectivity index (χ2n) is 7.59. The molecule has 2 aliphatic heterocycles. The molecule has 0 unspecified atom stereocenters. The van der Waals surface area contributed by atoms with E-state index in [2.05, 4.69) is 0 Å². The zero-order valence-electron chi connectivity index (χ0n) is 15.6. The molecule has 0 atom stereocenters. The van der Waals surface area contributed by atoms with Gasteiger partial charge in [0, 0.05) is 46.5 Å². The number of hydrogen-bond acceptors (Lipinski definition) is 2. The van der Waals surface area contributed by atoms with Gasteiger partial charge >= 0.3 is 0 Å². The lowest BCUT2D eigenvalue weighted by atomic mass is 9.60. The molecule has 0 aliphatic carbocycles. The Hall–Kier alpha value is -3.28. The van der Waals surface area contributed by atoms with Crippen LogP contribution in [0.15, 0.2) is 97.1 Å². The van der Waals surface area contributed by atoms with Crippen molar-refractivity contribution in [3.8, 4) is 0 Å². The van der Waals surface area contributed by atoms with Crippen LogP contribution in [-0.2, 0) is 5.41 Å². The summed E-state index contributed by atoms with van der Waals surface area (Å²) in [6, 6.07) is 31.3. The van der Waals surface area contributed by atoms with Gasteiger partial charge in [0.05, 0.1) is 5.41 Å². The van der Waals surface area contributed by atoms with Crippen molar-refractivity contribution in [3.05, 3.63) is 130 Å². The van der Waals surface area contributed by atoms with Crippen LogP contribution in [0.5, 0.6) is 0 Å². The standard InChI is InChI=1S/C25H18N2O2/c28-26-21-13-5-1-9-17(21)25(18-10-2-6-14-22(18)26)19-11-3-7-15-23(19)27(29)24-16-8-4-12-20(24)25/h1-16,26-27H. The molecule has 0 aromatic heterocycles. The summed E-state index contributed by atoms with van der Waals surface area (Å²) in [6.07, 6.45) is 0. The molecule has 4 aromatic rings. The molecule has 2 N–H and O–H groups in total. The van der Waals surface area contributed by atoms with E-state index < -0.39 is 5.41 Å². The third kappa shape index (κ3) is 1.96. The van der Waals surface area contributed by atoms with Crippen molar-refractivity contribution in [3.63, 3.8) is 0 Å². The second-order valence-corrected chi connectivity index (χ2v) is 7.59. The minimum absolute atomic E-state index is 0.0358. The van der Waals surface area contributed by atoms with Gasteiger partial charge in [0.1, 0.15) is 22.7 Å². The predicted molar refractivity (Wildman–Crippen MR) is 112 cm³/mol. The fourth-order valence-electron chi connectivity index (χ4n) is 5.19. The summed E-state index contributed by atoms with van der Waals surface area (Å²) in [5.74, 6) is 0. The molecule has 0 fully saturated rings. The highest BCUT2D eigenvalue weighted by atomic mass is 16.5. The molecular formula is C25H18N2O2. The van der Waals surface area contributed by atoms with Crippen LogP contribution in [0, 0.1) is 10.4 Å². The van der Waals surface area contributed by atoms with Gasteiger partial charge in [-0.15, -0.1) is 0 Å². The van der Waals surface area contributed by atoms with Crippen molar-refractivity contribution < 1.29 is 10.1 Å². The maximum Gasteiger partial charge on any atom is 0.141 e. The first kappa shape index (κ1) is 16.7. The highest BCUT2D eigenvalue weighted by Gasteiger charge is 2.53. The van der Waals surface area contributed by atoms with E-state index in [9.17, 15) is 10.4 Å². The molecular weight excluding hydrogens is 360 g/mol. The van der Waals surface area contributed by atoms with Gasteiger partial charge < -0.3 is 20.5 Å². The number of para-hydroxylation sites is 4. The smallest absolute Gasteiger partial charge is 0.141 e. The van der Waals surface area contributed by atoms with E-state index in [1.807, 2.05) is 97.1 Å².